The SMILES string of the molecule is c1ccc2c(c1)nc1scc(CNC3CCCCC3)n12. The first-order valence-corrected chi connectivity index (χ1v) is 8.37. The molecule has 2 aromatic heterocycles. The Kier molecular flexibility index (Phi) is 3.20. The summed E-state index contributed by atoms with van der Waals surface area (Å²) in [6, 6.07) is 9.10. The average Bonchev–Trinajstić information content (AvgIpc) is 3.05. The van der Waals surface area contributed by atoms with Crippen LogP contribution in [0.4, 0.5) is 0 Å². The second kappa shape index (κ2) is 5.19. The summed E-state index contributed by atoms with van der Waals surface area (Å²) in [7, 11) is 0. The standard InChI is InChI=1S/C16H19N3S/c1-2-6-12(7-3-1)17-10-13-11-20-16-18-14-8-4-5-9-15(14)19(13)16/h4-5,8-9,11-12,17H,1-3,6-7,10H2. The molecule has 0 bridgehead atoms. The van der Waals surface area contributed by atoms with Crippen LogP contribution in [-0.2, 0) is 6.54 Å². The lowest BCUT2D eigenvalue weighted by molar-refractivity contribution is 0.371. The van der Waals surface area contributed by atoms with Crippen molar-refractivity contribution in [1.29, 1.82) is 0 Å². The van der Waals surface area contributed by atoms with Gasteiger partial charge in [0.05, 0.1) is 11.0 Å². The Morgan fingerprint density at radius 3 is 2.95 bits per heavy atom. The molecule has 0 atom stereocenters. The third kappa shape index (κ3) is 2.13. The number of fused-ring (bicyclic) bond motifs is 3. The molecule has 20 heavy (non-hydrogen) atoms. The van der Waals surface area contributed by atoms with Crippen LogP contribution < -0.4 is 5.32 Å². The lowest BCUT2D eigenvalue weighted by Gasteiger charge is -2.22. The summed E-state index contributed by atoms with van der Waals surface area (Å²) in [5.41, 5.74) is 3.66. The van der Waals surface area contributed by atoms with E-state index in [1.165, 1.54) is 43.3 Å². The Hall–Kier alpha value is -1.39. The van der Waals surface area contributed by atoms with E-state index in [-0.39, 0.29) is 0 Å². The minimum atomic E-state index is 0.702. The molecule has 4 heteroatoms. The number of rotatable bonds is 3. The third-order valence-electron chi connectivity index (χ3n) is 4.29. The normalized spacial score (nSPS) is 17.2. The predicted octanol–water partition coefficient (Wildman–Crippen LogP) is 3.97. The monoisotopic (exact) mass is 285 g/mol. The number of thiazole rings is 1. The molecule has 2 heterocycles. The summed E-state index contributed by atoms with van der Waals surface area (Å²) >= 11 is 1.74. The third-order valence-corrected chi connectivity index (χ3v) is 5.17. The van der Waals surface area contributed by atoms with Crippen LogP contribution in [-0.4, -0.2) is 15.4 Å². The van der Waals surface area contributed by atoms with Gasteiger partial charge in [-0.1, -0.05) is 31.4 Å². The van der Waals surface area contributed by atoms with Crippen molar-refractivity contribution < 1.29 is 0 Å². The molecule has 0 radical (unpaired) electrons. The lowest BCUT2D eigenvalue weighted by Crippen LogP contribution is -2.30. The molecule has 1 aliphatic carbocycles. The van der Waals surface area contributed by atoms with Crippen molar-refractivity contribution in [1.82, 2.24) is 14.7 Å². The molecular formula is C16H19N3S. The minimum Gasteiger partial charge on any atom is -0.308 e. The van der Waals surface area contributed by atoms with Crippen LogP contribution in [0.1, 0.15) is 37.8 Å². The zero-order valence-corrected chi connectivity index (χ0v) is 12.3. The van der Waals surface area contributed by atoms with Gasteiger partial charge in [0.15, 0.2) is 4.96 Å². The van der Waals surface area contributed by atoms with E-state index < -0.39 is 0 Å². The van der Waals surface area contributed by atoms with Gasteiger partial charge in [0.1, 0.15) is 0 Å². The summed E-state index contributed by atoms with van der Waals surface area (Å²) in [6.45, 7) is 0.949. The number of aromatic nitrogens is 2. The molecule has 0 saturated heterocycles. The molecule has 0 unspecified atom stereocenters. The molecule has 4 rings (SSSR count). The van der Waals surface area contributed by atoms with Gasteiger partial charge >= 0.3 is 0 Å². The fraction of sp³-hybridized carbons (Fsp3) is 0.438. The topological polar surface area (TPSA) is 29.3 Å². The van der Waals surface area contributed by atoms with Crippen molar-refractivity contribution >= 4 is 27.3 Å². The molecule has 1 N–H and O–H groups in total. The Morgan fingerprint density at radius 1 is 1.20 bits per heavy atom. The van der Waals surface area contributed by atoms with Crippen LogP contribution >= 0.6 is 11.3 Å². The number of nitrogens with one attached hydrogen (secondary N) is 1. The van der Waals surface area contributed by atoms with E-state index in [0.717, 1.165) is 17.0 Å². The maximum atomic E-state index is 4.68. The number of imidazole rings is 1. The molecular weight excluding hydrogens is 266 g/mol. The highest BCUT2D eigenvalue weighted by atomic mass is 32.1. The van der Waals surface area contributed by atoms with Gasteiger partial charge in [-0.15, -0.1) is 11.3 Å². The van der Waals surface area contributed by atoms with E-state index in [4.69, 9.17) is 0 Å². The second-order valence-electron chi connectivity index (χ2n) is 5.66. The molecule has 3 aromatic rings. The van der Waals surface area contributed by atoms with E-state index in [1.54, 1.807) is 11.3 Å². The van der Waals surface area contributed by atoms with Gasteiger partial charge in [-0.25, -0.2) is 4.98 Å². The highest BCUT2D eigenvalue weighted by molar-refractivity contribution is 7.15. The van der Waals surface area contributed by atoms with Crippen molar-refractivity contribution in [3.8, 4) is 0 Å². The molecule has 3 nitrogen and oxygen atoms in total. The maximum Gasteiger partial charge on any atom is 0.194 e. The van der Waals surface area contributed by atoms with Crippen molar-refractivity contribution in [2.45, 2.75) is 44.7 Å². The van der Waals surface area contributed by atoms with Crippen molar-refractivity contribution in [2.24, 2.45) is 0 Å². The summed E-state index contributed by atoms with van der Waals surface area (Å²) in [4.78, 5) is 5.79. The first-order valence-electron chi connectivity index (χ1n) is 7.49. The van der Waals surface area contributed by atoms with Gasteiger partial charge in [0.25, 0.3) is 0 Å². The summed E-state index contributed by atoms with van der Waals surface area (Å²) < 4.78 is 2.30. The molecule has 104 valence electrons. The quantitative estimate of drug-likeness (QED) is 0.789. The molecule has 0 aliphatic heterocycles. The highest BCUT2D eigenvalue weighted by Gasteiger charge is 2.14. The largest absolute Gasteiger partial charge is 0.308 e. The van der Waals surface area contributed by atoms with Gasteiger partial charge < -0.3 is 5.32 Å². The molecule has 0 spiro atoms. The summed E-state index contributed by atoms with van der Waals surface area (Å²) in [5, 5.41) is 5.97. The van der Waals surface area contributed by atoms with E-state index in [2.05, 4.69) is 44.3 Å². The first-order chi connectivity index (χ1) is 9.92. The van der Waals surface area contributed by atoms with Crippen LogP contribution in [0.25, 0.3) is 16.0 Å². The number of hydrogen-bond acceptors (Lipinski definition) is 3. The fourth-order valence-corrected chi connectivity index (χ4v) is 4.11. The van der Waals surface area contributed by atoms with Gasteiger partial charge in [-0.05, 0) is 25.0 Å². The van der Waals surface area contributed by atoms with Gasteiger partial charge in [0, 0.05) is 23.7 Å². The smallest absolute Gasteiger partial charge is 0.194 e. The molecule has 1 aromatic carbocycles. The van der Waals surface area contributed by atoms with Crippen molar-refractivity contribution in [2.75, 3.05) is 0 Å². The lowest BCUT2D eigenvalue weighted by atomic mass is 9.95. The van der Waals surface area contributed by atoms with Gasteiger partial charge in [-0.3, -0.25) is 4.40 Å². The van der Waals surface area contributed by atoms with Crippen molar-refractivity contribution in [3.05, 3.63) is 35.3 Å². The zero-order chi connectivity index (χ0) is 13.4. The Bertz CT molecular complexity index is 722. The van der Waals surface area contributed by atoms with E-state index in [0.29, 0.717) is 6.04 Å². The Labute approximate surface area is 122 Å². The number of benzene rings is 1. The van der Waals surface area contributed by atoms with Gasteiger partial charge in [-0.2, -0.15) is 0 Å². The second-order valence-corrected chi connectivity index (χ2v) is 6.50. The van der Waals surface area contributed by atoms with E-state index in [1.807, 2.05) is 0 Å². The fourth-order valence-electron chi connectivity index (χ4n) is 3.21. The molecule has 1 fully saturated rings. The summed E-state index contributed by atoms with van der Waals surface area (Å²) in [6.07, 6.45) is 6.83. The van der Waals surface area contributed by atoms with Crippen LogP contribution in [0.15, 0.2) is 29.6 Å². The molecule has 0 amide bonds. The maximum absolute atomic E-state index is 4.68. The van der Waals surface area contributed by atoms with Crippen molar-refractivity contribution in [3.63, 3.8) is 0 Å². The van der Waals surface area contributed by atoms with E-state index in [9.17, 15) is 0 Å². The Morgan fingerprint density at radius 2 is 2.05 bits per heavy atom. The number of hydrogen-bond donors (Lipinski definition) is 1. The number of para-hydroxylation sites is 2. The zero-order valence-electron chi connectivity index (χ0n) is 11.5. The highest BCUT2D eigenvalue weighted by Crippen LogP contribution is 2.24. The summed E-state index contributed by atoms with van der Waals surface area (Å²) in [5.74, 6) is 0. The van der Waals surface area contributed by atoms with E-state index >= 15 is 0 Å². The first kappa shape index (κ1) is 12.4. The van der Waals surface area contributed by atoms with Crippen LogP contribution in [0.2, 0.25) is 0 Å². The predicted molar refractivity (Wildman–Crippen MR) is 84.3 cm³/mol. The number of nitrogens with zero attached hydrogens (tertiary/aromatic N) is 2. The van der Waals surface area contributed by atoms with Gasteiger partial charge in [0.2, 0.25) is 0 Å². The van der Waals surface area contributed by atoms with Crippen LogP contribution in [0.3, 0.4) is 0 Å². The molecule has 1 saturated carbocycles. The molecule has 1 aliphatic rings. The van der Waals surface area contributed by atoms with Crippen LogP contribution in [0, 0.1) is 0 Å². The van der Waals surface area contributed by atoms with Crippen LogP contribution in [0.5, 0.6) is 0 Å². The minimum absolute atomic E-state index is 0.702. The Balaban J connectivity index is 1.62. The average molecular weight is 285 g/mol.